The van der Waals surface area contributed by atoms with Crippen LogP contribution in [0, 0.1) is 5.92 Å². The van der Waals surface area contributed by atoms with Crippen LogP contribution in [0.1, 0.15) is 37.7 Å². The second-order valence-corrected chi connectivity index (χ2v) is 5.55. The minimum Gasteiger partial charge on any atom is -0.368 e. The molecule has 2 aliphatic carbocycles. The lowest BCUT2D eigenvalue weighted by molar-refractivity contribution is 0.317. The van der Waals surface area contributed by atoms with E-state index in [2.05, 4.69) is 29.2 Å². The van der Waals surface area contributed by atoms with Gasteiger partial charge < -0.3 is 10.6 Å². The Hall–Kier alpha value is -1.02. The van der Waals surface area contributed by atoms with Gasteiger partial charge >= 0.3 is 0 Å². The summed E-state index contributed by atoms with van der Waals surface area (Å²) in [5.41, 5.74) is 8.28. The highest BCUT2D eigenvalue weighted by atomic mass is 15.2. The molecule has 92 valence electrons. The Bertz CT molecular complexity index is 363. The van der Waals surface area contributed by atoms with E-state index in [1.165, 1.54) is 49.9 Å². The molecular weight excluding hydrogens is 208 g/mol. The molecule has 0 atom stereocenters. The molecule has 2 fully saturated rings. The molecule has 0 bridgehead atoms. The molecule has 2 heteroatoms. The van der Waals surface area contributed by atoms with Gasteiger partial charge in [0, 0.05) is 24.8 Å². The maximum absolute atomic E-state index is 5.65. The van der Waals surface area contributed by atoms with E-state index in [-0.39, 0.29) is 0 Å². The van der Waals surface area contributed by atoms with E-state index in [1.54, 1.807) is 0 Å². The number of anilines is 1. The molecule has 0 amide bonds. The molecule has 3 rings (SSSR count). The fourth-order valence-corrected chi connectivity index (χ4v) is 2.63. The van der Waals surface area contributed by atoms with E-state index < -0.39 is 0 Å². The maximum atomic E-state index is 5.65. The summed E-state index contributed by atoms with van der Waals surface area (Å²) >= 11 is 0. The molecule has 2 nitrogen and oxygen atoms in total. The molecule has 0 spiro atoms. The number of hydrogen-bond donors (Lipinski definition) is 1. The highest BCUT2D eigenvalue weighted by molar-refractivity contribution is 5.50. The van der Waals surface area contributed by atoms with Gasteiger partial charge in [-0.2, -0.15) is 0 Å². The highest BCUT2D eigenvalue weighted by Gasteiger charge is 2.32. The monoisotopic (exact) mass is 230 g/mol. The third-order valence-corrected chi connectivity index (χ3v) is 4.17. The van der Waals surface area contributed by atoms with E-state index in [9.17, 15) is 0 Å². The molecule has 17 heavy (non-hydrogen) atoms. The van der Waals surface area contributed by atoms with Crippen molar-refractivity contribution in [3.63, 3.8) is 0 Å². The van der Waals surface area contributed by atoms with Crippen LogP contribution in [0.4, 0.5) is 5.69 Å². The molecule has 0 radical (unpaired) electrons. The standard InChI is InChI=1S/C15H22N2/c16-10-12-4-6-14(7-5-12)17(15-8-9-15)11-13-2-1-3-13/h4-7,13,15H,1-3,8-11,16H2. The summed E-state index contributed by atoms with van der Waals surface area (Å²) in [4.78, 5) is 2.63. The van der Waals surface area contributed by atoms with Gasteiger partial charge in [-0.1, -0.05) is 18.6 Å². The molecule has 2 N–H and O–H groups in total. The summed E-state index contributed by atoms with van der Waals surface area (Å²) in [6, 6.07) is 9.66. The molecule has 2 aliphatic rings. The first kappa shape index (κ1) is 11.1. The second kappa shape index (κ2) is 4.69. The van der Waals surface area contributed by atoms with Crippen molar-refractivity contribution in [1.29, 1.82) is 0 Å². The maximum Gasteiger partial charge on any atom is 0.0368 e. The van der Waals surface area contributed by atoms with Crippen molar-refractivity contribution in [2.24, 2.45) is 11.7 Å². The molecule has 1 aromatic rings. The van der Waals surface area contributed by atoms with Crippen LogP contribution >= 0.6 is 0 Å². The topological polar surface area (TPSA) is 29.3 Å². The van der Waals surface area contributed by atoms with Crippen LogP contribution in [-0.4, -0.2) is 12.6 Å². The van der Waals surface area contributed by atoms with E-state index in [4.69, 9.17) is 5.73 Å². The Labute approximate surface area is 104 Å². The molecule has 0 saturated heterocycles. The van der Waals surface area contributed by atoms with Crippen LogP contribution in [0.3, 0.4) is 0 Å². The first-order chi connectivity index (χ1) is 8.36. The lowest BCUT2D eigenvalue weighted by atomic mass is 9.85. The predicted octanol–water partition coefficient (Wildman–Crippen LogP) is 2.91. The van der Waals surface area contributed by atoms with Gasteiger partial charge in [0.15, 0.2) is 0 Å². The summed E-state index contributed by atoms with van der Waals surface area (Å²) in [7, 11) is 0. The van der Waals surface area contributed by atoms with Crippen LogP contribution in [0.5, 0.6) is 0 Å². The van der Waals surface area contributed by atoms with Crippen LogP contribution in [-0.2, 0) is 6.54 Å². The lowest BCUT2D eigenvalue weighted by Gasteiger charge is -2.34. The molecule has 0 heterocycles. The van der Waals surface area contributed by atoms with Gasteiger partial charge in [-0.15, -0.1) is 0 Å². The highest BCUT2D eigenvalue weighted by Crippen LogP contribution is 2.36. The van der Waals surface area contributed by atoms with Crippen molar-refractivity contribution >= 4 is 5.69 Å². The number of nitrogens with zero attached hydrogens (tertiary/aromatic N) is 1. The molecule has 2 saturated carbocycles. The van der Waals surface area contributed by atoms with Gasteiger partial charge in [0.2, 0.25) is 0 Å². The number of benzene rings is 1. The first-order valence-corrected chi connectivity index (χ1v) is 6.92. The van der Waals surface area contributed by atoms with E-state index >= 15 is 0 Å². The molecular formula is C15H22N2. The van der Waals surface area contributed by atoms with Crippen molar-refractivity contribution < 1.29 is 0 Å². The fraction of sp³-hybridized carbons (Fsp3) is 0.600. The molecule has 0 aromatic heterocycles. The van der Waals surface area contributed by atoms with Gasteiger partial charge in [0.1, 0.15) is 0 Å². The Morgan fingerprint density at radius 1 is 1.06 bits per heavy atom. The van der Waals surface area contributed by atoms with Crippen molar-refractivity contribution in [1.82, 2.24) is 0 Å². The molecule has 1 aromatic carbocycles. The Kier molecular flexibility index (Phi) is 3.06. The Morgan fingerprint density at radius 3 is 2.24 bits per heavy atom. The molecule has 0 aliphatic heterocycles. The summed E-state index contributed by atoms with van der Waals surface area (Å²) < 4.78 is 0. The number of hydrogen-bond acceptors (Lipinski definition) is 2. The quantitative estimate of drug-likeness (QED) is 0.842. The van der Waals surface area contributed by atoms with Crippen LogP contribution in [0.25, 0.3) is 0 Å². The normalized spacial score (nSPS) is 20.1. The summed E-state index contributed by atoms with van der Waals surface area (Å²) in [6.45, 7) is 1.92. The van der Waals surface area contributed by atoms with Crippen LogP contribution in [0.2, 0.25) is 0 Å². The van der Waals surface area contributed by atoms with E-state index in [0.717, 1.165) is 12.0 Å². The van der Waals surface area contributed by atoms with Gasteiger partial charge in [0.05, 0.1) is 0 Å². The van der Waals surface area contributed by atoms with Gasteiger partial charge in [-0.25, -0.2) is 0 Å². The second-order valence-electron chi connectivity index (χ2n) is 5.55. The van der Waals surface area contributed by atoms with Crippen molar-refractivity contribution in [3.05, 3.63) is 29.8 Å². The van der Waals surface area contributed by atoms with Crippen molar-refractivity contribution in [2.75, 3.05) is 11.4 Å². The zero-order chi connectivity index (χ0) is 11.7. The molecule has 0 unspecified atom stereocenters. The zero-order valence-corrected chi connectivity index (χ0v) is 10.4. The Balaban J connectivity index is 1.71. The van der Waals surface area contributed by atoms with Crippen LogP contribution in [0.15, 0.2) is 24.3 Å². The van der Waals surface area contributed by atoms with Gasteiger partial charge in [0.25, 0.3) is 0 Å². The first-order valence-electron chi connectivity index (χ1n) is 6.92. The van der Waals surface area contributed by atoms with Gasteiger partial charge in [-0.3, -0.25) is 0 Å². The van der Waals surface area contributed by atoms with Crippen LogP contribution < -0.4 is 10.6 Å². The predicted molar refractivity (Wildman–Crippen MR) is 72.0 cm³/mol. The number of rotatable bonds is 5. The zero-order valence-electron chi connectivity index (χ0n) is 10.4. The minimum atomic E-state index is 0.645. The van der Waals surface area contributed by atoms with E-state index in [0.29, 0.717) is 6.54 Å². The third-order valence-electron chi connectivity index (χ3n) is 4.17. The van der Waals surface area contributed by atoms with Crippen molar-refractivity contribution in [3.8, 4) is 0 Å². The summed E-state index contributed by atoms with van der Waals surface area (Å²) in [6.07, 6.45) is 7.07. The average molecular weight is 230 g/mol. The summed E-state index contributed by atoms with van der Waals surface area (Å²) in [5, 5.41) is 0. The third kappa shape index (κ3) is 2.47. The Morgan fingerprint density at radius 2 is 1.76 bits per heavy atom. The lowest BCUT2D eigenvalue weighted by Crippen LogP contribution is -2.34. The fourth-order valence-electron chi connectivity index (χ4n) is 2.63. The minimum absolute atomic E-state index is 0.645. The number of nitrogens with two attached hydrogens (primary N) is 1. The summed E-state index contributed by atoms with van der Waals surface area (Å²) in [5.74, 6) is 0.949. The van der Waals surface area contributed by atoms with Crippen molar-refractivity contribution in [2.45, 2.75) is 44.7 Å². The van der Waals surface area contributed by atoms with Gasteiger partial charge in [-0.05, 0) is 49.3 Å². The van der Waals surface area contributed by atoms with E-state index in [1.807, 2.05) is 0 Å². The average Bonchev–Trinajstić information content (AvgIpc) is 3.12. The SMILES string of the molecule is NCc1ccc(N(CC2CCC2)C2CC2)cc1. The largest absolute Gasteiger partial charge is 0.368 e. The smallest absolute Gasteiger partial charge is 0.0368 e.